The van der Waals surface area contributed by atoms with Crippen molar-refractivity contribution < 1.29 is 14.3 Å². The number of esters is 1. The molecule has 0 unspecified atom stereocenters. The maximum atomic E-state index is 12.1. The predicted molar refractivity (Wildman–Crippen MR) is 94.1 cm³/mol. The van der Waals surface area contributed by atoms with Crippen molar-refractivity contribution in [3.05, 3.63) is 47.2 Å². The number of methoxy groups -OCH3 is 1. The number of nitriles is 1. The summed E-state index contributed by atoms with van der Waals surface area (Å²) in [5.41, 5.74) is 1.57. The molecule has 0 saturated heterocycles. The van der Waals surface area contributed by atoms with Gasteiger partial charge in [0.15, 0.2) is 0 Å². The Bertz CT molecular complexity index is 653. The first kappa shape index (κ1) is 19.7. The van der Waals surface area contributed by atoms with E-state index >= 15 is 0 Å². The average molecular weight is 347 g/mol. The third-order valence-corrected chi connectivity index (χ3v) is 3.63. The molecule has 1 aromatic rings. The Kier molecular flexibility index (Phi) is 8.61. The topological polar surface area (TPSA) is 82.4 Å². The van der Waals surface area contributed by atoms with E-state index in [0.717, 1.165) is 5.56 Å². The Morgan fingerprint density at radius 1 is 1.42 bits per heavy atom. The van der Waals surface area contributed by atoms with Crippen LogP contribution in [0.3, 0.4) is 0 Å². The van der Waals surface area contributed by atoms with Crippen LogP contribution in [-0.4, -0.2) is 49.5 Å². The molecule has 128 valence electrons. The molecule has 0 spiro atoms. The number of thioether (sulfide) groups is 1. The summed E-state index contributed by atoms with van der Waals surface area (Å²) in [7, 11) is 3.05. The monoisotopic (exact) mass is 347 g/mol. The standard InChI is InChI=1S/C17H21N3O3S/c1-20(11-14-7-5-4-6-13(14)10-18)12-16(21)19-15(8-9-24-3)17(22)23-2/h4-8H,9,11-12H2,1-3H3,(H,19,21)/b15-8+. The smallest absolute Gasteiger partial charge is 0.354 e. The number of ether oxygens (including phenoxy) is 1. The lowest BCUT2D eigenvalue weighted by molar-refractivity contribution is -0.137. The number of amides is 1. The molecule has 7 heteroatoms. The summed E-state index contributed by atoms with van der Waals surface area (Å²) in [6.45, 7) is 0.548. The molecule has 24 heavy (non-hydrogen) atoms. The van der Waals surface area contributed by atoms with Crippen molar-refractivity contribution in [2.75, 3.05) is 32.7 Å². The van der Waals surface area contributed by atoms with Gasteiger partial charge in [0.25, 0.3) is 0 Å². The van der Waals surface area contributed by atoms with Gasteiger partial charge in [-0.15, -0.1) is 0 Å². The molecule has 0 atom stereocenters. The number of likely N-dealkylation sites (N-methyl/N-ethyl adjacent to an activating group) is 1. The highest BCUT2D eigenvalue weighted by molar-refractivity contribution is 7.98. The lowest BCUT2D eigenvalue weighted by Gasteiger charge is -2.17. The van der Waals surface area contributed by atoms with Crippen molar-refractivity contribution in [1.29, 1.82) is 5.26 Å². The summed E-state index contributed by atoms with van der Waals surface area (Å²) in [6, 6.07) is 9.38. The summed E-state index contributed by atoms with van der Waals surface area (Å²) in [4.78, 5) is 25.5. The van der Waals surface area contributed by atoms with Gasteiger partial charge < -0.3 is 10.1 Å². The Labute approximate surface area is 146 Å². The molecule has 1 aromatic carbocycles. The van der Waals surface area contributed by atoms with Crippen molar-refractivity contribution in [3.63, 3.8) is 0 Å². The molecule has 1 amide bonds. The van der Waals surface area contributed by atoms with E-state index in [1.165, 1.54) is 18.9 Å². The number of benzene rings is 1. The highest BCUT2D eigenvalue weighted by Crippen LogP contribution is 2.09. The number of rotatable bonds is 8. The molecule has 0 radical (unpaired) electrons. The summed E-state index contributed by atoms with van der Waals surface area (Å²) < 4.78 is 4.66. The predicted octanol–water partition coefficient (Wildman–Crippen LogP) is 1.53. The molecule has 1 N–H and O–H groups in total. The summed E-state index contributed by atoms with van der Waals surface area (Å²) in [6.07, 6.45) is 3.52. The molecular formula is C17H21N3O3S. The number of nitrogens with zero attached hydrogens (tertiary/aromatic N) is 2. The normalized spacial score (nSPS) is 11.0. The second-order valence-electron chi connectivity index (χ2n) is 5.05. The molecule has 0 aliphatic heterocycles. The van der Waals surface area contributed by atoms with Crippen LogP contribution in [0, 0.1) is 11.3 Å². The molecule has 6 nitrogen and oxygen atoms in total. The van der Waals surface area contributed by atoms with Crippen LogP contribution in [0.5, 0.6) is 0 Å². The fourth-order valence-corrected chi connectivity index (χ4v) is 2.34. The van der Waals surface area contributed by atoms with Gasteiger partial charge in [-0.1, -0.05) is 18.2 Å². The average Bonchev–Trinajstić information content (AvgIpc) is 2.58. The van der Waals surface area contributed by atoms with Crippen LogP contribution in [0.2, 0.25) is 0 Å². The van der Waals surface area contributed by atoms with E-state index in [0.29, 0.717) is 17.9 Å². The minimum Gasteiger partial charge on any atom is -0.464 e. The van der Waals surface area contributed by atoms with Crippen molar-refractivity contribution in [3.8, 4) is 6.07 Å². The van der Waals surface area contributed by atoms with E-state index in [9.17, 15) is 9.59 Å². The van der Waals surface area contributed by atoms with Crippen LogP contribution < -0.4 is 5.32 Å². The number of carbonyl (C=O) groups excluding carboxylic acids is 2. The number of hydrogen-bond donors (Lipinski definition) is 1. The van der Waals surface area contributed by atoms with Gasteiger partial charge in [0.2, 0.25) is 5.91 Å². The Balaban J connectivity index is 2.66. The van der Waals surface area contributed by atoms with Crippen LogP contribution in [0.15, 0.2) is 36.0 Å². The second-order valence-corrected chi connectivity index (χ2v) is 5.96. The minimum atomic E-state index is -0.574. The number of hydrogen-bond acceptors (Lipinski definition) is 6. The molecule has 0 fully saturated rings. The number of nitrogens with one attached hydrogen (secondary N) is 1. The molecule has 0 aromatic heterocycles. The first-order chi connectivity index (χ1) is 11.5. The van der Waals surface area contributed by atoms with Crippen LogP contribution in [0.25, 0.3) is 0 Å². The van der Waals surface area contributed by atoms with Gasteiger partial charge in [0, 0.05) is 12.3 Å². The van der Waals surface area contributed by atoms with Crippen molar-refractivity contribution >= 4 is 23.6 Å². The van der Waals surface area contributed by atoms with E-state index in [4.69, 9.17) is 5.26 Å². The van der Waals surface area contributed by atoms with Gasteiger partial charge in [-0.05, 0) is 31.0 Å². The van der Waals surface area contributed by atoms with Crippen LogP contribution >= 0.6 is 11.8 Å². The molecular weight excluding hydrogens is 326 g/mol. The first-order valence-electron chi connectivity index (χ1n) is 7.25. The van der Waals surface area contributed by atoms with Crippen LogP contribution in [0.4, 0.5) is 0 Å². The summed E-state index contributed by atoms with van der Waals surface area (Å²) in [5, 5.41) is 11.7. The maximum Gasteiger partial charge on any atom is 0.354 e. The quantitative estimate of drug-likeness (QED) is 0.567. The maximum absolute atomic E-state index is 12.1. The molecule has 0 saturated carbocycles. The summed E-state index contributed by atoms with van der Waals surface area (Å²) in [5.74, 6) is -0.296. The van der Waals surface area contributed by atoms with E-state index in [1.807, 2.05) is 18.4 Å². The van der Waals surface area contributed by atoms with E-state index in [-0.39, 0.29) is 18.1 Å². The molecule has 1 rings (SSSR count). The van der Waals surface area contributed by atoms with Crippen molar-refractivity contribution in [2.24, 2.45) is 0 Å². The van der Waals surface area contributed by atoms with Crippen molar-refractivity contribution in [2.45, 2.75) is 6.54 Å². The molecule has 0 bridgehead atoms. The summed E-state index contributed by atoms with van der Waals surface area (Å²) >= 11 is 1.53. The molecule has 0 aliphatic rings. The molecule has 0 heterocycles. The third kappa shape index (κ3) is 6.44. The van der Waals surface area contributed by atoms with E-state index < -0.39 is 5.97 Å². The highest BCUT2D eigenvalue weighted by Gasteiger charge is 2.15. The first-order valence-corrected chi connectivity index (χ1v) is 8.65. The highest BCUT2D eigenvalue weighted by atomic mass is 32.2. The minimum absolute atomic E-state index is 0.0906. The zero-order valence-corrected chi connectivity index (χ0v) is 14.9. The lowest BCUT2D eigenvalue weighted by Crippen LogP contribution is -2.36. The Morgan fingerprint density at radius 2 is 2.12 bits per heavy atom. The van der Waals surface area contributed by atoms with Crippen molar-refractivity contribution in [1.82, 2.24) is 10.2 Å². The second kappa shape index (κ2) is 10.5. The SMILES string of the molecule is COC(=O)/C(=C\CSC)NC(=O)CN(C)Cc1ccccc1C#N. The van der Waals surface area contributed by atoms with Gasteiger partial charge in [0.1, 0.15) is 5.70 Å². The molecule has 0 aliphatic carbocycles. The zero-order chi connectivity index (χ0) is 17.9. The van der Waals surface area contributed by atoms with Gasteiger partial charge >= 0.3 is 5.97 Å². The van der Waals surface area contributed by atoms with Gasteiger partial charge in [0.05, 0.1) is 25.3 Å². The largest absolute Gasteiger partial charge is 0.464 e. The third-order valence-electron chi connectivity index (χ3n) is 3.13. The van der Waals surface area contributed by atoms with E-state index in [2.05, 4.69) is 16.1 Å². The zero-order valence-electron chi connectivity index (χ0n) is 14.0. The van der Waals surface area contributed by atoms with Gasteiger partial charge in [-0.25, -0.2) is 4.79 Å². The van der Waals surface area contributed by atoms with E-state index in [1.54, 1.807) is 30.2 Å². The van der Waals surface area contributed by atoms with Crippen LogP contribution in [-0.2, 0) is 20.9 Å². The van der Waals surface area contributed by atoms with Gasteiger partial charge in [-0.2, -0.15) is 17.0 Å². The number of carbonyl (C=O) groups is 2. The van der Waals surface area contributed by atoms with Gasteiger partial charge in [-0.3, -0.25) is 9.69 Å². The van der Waals surface area contributed by atoms with Crippen LogP contribution in [0.1, 0.15) is 11.1 Å². The lowest BCUT2D eigenvalue weighted by atomic mass is 10.1. The Hall–Kier alpha value is -2.30. The fourth-order valence-electron chi connectivity index (χ4n) is 2.01. The Morgan fingerprint density at radius 3 is 2.75 bits per heavy atom. The fraction of sp³-hybridized carbons (Fsp3) is 0.353.